The van der Waals surface area contributed by atoms with Crippen LogP contribution in [0.5, 0.6) is 0 Å². The molecule has 0 amide bonds. The minimum atomic E-state index is -4.45. The molecule has 0 bridgehead atoms. The molecule has 42 heavy (non-hydrogen) atoms. The molecule has 0 spiro atoms. The van der Waals surface area contributed by atoms with Crippen LogP contribution in [-0.4, -0.2) is 50.6 Å². The number of aromatic nitrogens is 5. The summed E-state index contributed by atoms with van der Waals surface area (Å²) < 4.78 is 83.5. The van der Waals surface area contributed by atoms with Gasteiger partial charge in [-0.3, -0.25) is 0 Å². The van der Waals surface area contributed by atoms with Crippen LogP contribution in [0.2, 0.25) is 0 Å². The predicted molar refractivity (Wildman–Crippen MR) is 145 cm³/mol. The van der Waals surface area contributed by atoms with E-state index in [9.17, 15) is 26.0 Å². The number of rotatable bonds is 5. The van der Waals surface area contributed by atoms with E-state index >= 15 is 0 Å². The maximum atomic E-state index is 13.5. The summed E-state index contributed by atoms with van der Waals surface area (Å²) in [5, 5.41) is 13.1. The van der Waals surface area contributed by atoms with Crippen LogP contribution in [0.1, 0.15) is 28.2 Å². The van der Waals surface area contributed by atoms with Gasteiger partial charge >= 0.3 is 6.18 Å². The first-order chi connectivity index (χ1) is 19.9. The Hall–Kier alpha value is -4.10. The van der Waals surface area contributed by atoms with Crippen molar-refractivity contribution in [1.82, 2.24) is 29.1 Å². The molecule has 13 heteroatoms. The highest BCUT2D eigenvalue weighted by atomic mass is 32.2. The Morgan fingerprint density at radius 1 is 0.976 bits per heavy atom. The van der Waals surface area contributed by atoms with Crippen LogP contribution in [0.3, 0.4) is 0 Å². The molecule has 2 aliphatic rings. The van der Waals surface area contributed by atoms with Gasteiger partial charge in [0.25, 0.3) is 10.0 Å². The number of hydrogen-bond donors (Lipinski definition) is 0. The minimum Gasteiger partial charge on any atom is -0.233 e. The van der Waals surface area contributed by atoms with Crippen molar-refractivity contribution in [3.8, 4) is 5.69 Å². The van der Waals surface area contributed by atoms with E-state index < -0.39 is 27.2 Å². The van der Waals surface area contributed by atoms with Gasteiger partial charge in [0.15, 0.2) is 0 Å². The summed E-state index contributed by atoms with van der Waals surface area (Å²) in [6, 6.07) is 15.1. The molecule has 3 atom stereocenters. The maximum absolute atomic E-state index is 13.5. The number of hydrogen-bond acceptors (Lipinski definition) is 5. The number of halogens is 4. The topological polar surface area (TPSA) is 85.9 Å². The molecule has 2 aromatic heterocycles. The maximum Gasteiger partial charge on any atom is 0.416 e. The fourth-order valence-corrected chi connectivity index (χ4v) is 8.08. The number of nitrogens with zero attached hydrogens (tertiary/aromatic N) is 6. The molecule has 8 nitrogen and oxygen atoms in total. The number of alkyl halides is 3. The van der Waals surface area contributed by atoms with Gasteiger partial charge in [-0.05, 0) is 78.1 Å². The smallest absolute Gasteiger partial charge is 0.233 e. The van der Waals surface area contributed by atoms with Crippen LogP contribution in [0.25, 0.3) is 16.6 Å². The summed E-state index contributed by atoms with van der Waals surface area (Å²) in [7, 11) is -2.41. The van der Waals surface area contributed by atoms with Gasteiger partial charge in [0.1, 0.15) is 5.82 Å². The van der Waals surface area contributed by atoms with E-state index in [1.54, 1.807) is 23.0 Å². The molecule has 0 radical (unpaired) electrons. The van der Waals surface area contributed by atoms with Crippen LogP contribution >= 0.6 is 0 Å². The van der Waals surface area contributed by atoms with Gasteiger partial charge in [0, 0.05) is 36.9 Å². The van der Waals surface area contributed by atoms with E-state index in [0.29, 0.717) is 5.69 Å². The zero-order valence-corrected chi connectivity index (χ0v) is 23.2. The lowest BCUT2D eigenvalue weighted by atomic mass is 9.86. The van der Waals surface area contributed by atoms with Crippen LogP contribution in [0.4, 0.5) is 17.6 Å². The van der Waals surface area contributed by atoms with Gasteiger partial charge in [-0.15, -0.1) is 5.10 Å². The Morgan fingerprint density at radius 3 is 2.33 bits per heavy atom. The van der Waals surface area contributed by atoms with E-state index in [1.807, 2.05) is 19.1 Å². The molecule has 3 aromatic carbocycles. The fraction of sp³-hybridized carbons (Fsp3) is 0.276. The molecule has 0 unspecified atom stereocenters. The molecule has 216 valence electrons. The minimum absolute atomic E-state index is 0.140. The third kappa shape index (κ3) is 3.97. The van der Waals surface area contributed by atoms with Gasteiger partial charge in [0.05, 0.1) is 29.2 Å². The van der Waals surface area contributed by atoms with Gasteiger partial charge in [-0.1, -0.05) is 12.1 Å². The van der Waals surface area contributed by atoms with Crippen molar-refractivity contribution in [2.45, 2.75) is 29.5 Å². The average molecular weight is 597 g/mol. The molecular formula is C29H24F4N6O2S. The van der Waals surface area contributed by atoms with E-state index in [-0.39, 0.29) is 35.8 Å². The first kappa shape index (κ1) is 26.8. The highest BCUT2D eigenvalue weighted by Gasteiger charge is 2.71. The number of aryl methyl sites for hydroxylation is 2. The standard InChI is InChI=1S/C29H24F4N6O2S/c1-17-11-25-19(13-35-39(25)22-9-7-21(30)8-10-22)12-23(17)28-16-38(42(40,41)26-14-34-37(2)36-26)15-24(28)27(28)18-3-5-20(6-4-18)29(31,32)33/h3-14,24,27H,15-16H2,1-2H3/t24-,27+,28+/m0/s1. The summed E-state index contributed by atoms with van der Waals surface area (Å²) in [5.74, 6) is -0.704. The first-order valence-corrected chi connectivity index (χ1v) is 14.6. The first-order valence-electron chi connectivity index (χ1n) is 13.2. The fourth-order valence-electron chi connectivity index (χ4n) is 6.67. The van der Waals surface area contributed by atoms with Gasteiger partial charge in [-0.25, -0.2) is 17.5 Å². The van der Waals surface area contributed by atoms with Crippen molar-refractivity contribution in [1.29, 1.82) is 0 Å². The predicted octanol–water partition coefficient (Wildman–Crippen LogP) is 4.98. The zero-order chi connectivity index (χ0) is 29.6. The van der Waals surface area contributed by atoms with E-state index in [1.165, 1.54) is 46.6 Å². The molecule has 1 aliphatic carbocycles. The lowest BCUT2D eigenvalue weighted by Crippen LogP contribution is -2.35. The summed E-state index contributed by atoms with van der Waals surface area (Å²) in [4.78, 5) is 1.18. The van der Waals surface area contributed by atoms with Gasteiger partial charge in [0.2, 0.25) is 5.03 Å². The van der Waals surface area contributed by atoms with Crippen LogP contribution in [-0.2, 0) is 28.7 Å². The number of fused-ring (bicyclic) bond motifs is 2. The molecule has 1 saturated carbocycles. The molecule has 1 saturated heterocycles. The normalized spacial score (nSPS) is 22.5. The average Bonchev–Trinajstić information content (AvgIpc) is 3.37. The van der Waals surface area contributed by atoms with E-state index in [4.69, 9.17) is 0 Å². The Morgan fingerprint density at radius 2 is 1.69 bits per heavy atom. The zero-order valence-electron chi connectivity index (χ0n) is 22.4. The largest absolute Gasteiger partial charge is 0.416 e. The second kappa shape index (κ2) is 8.95. The highest BCUT2D eigenvalue weighted by Crippen LogP contribution is 2.70. The third-order valence-corrected chi connectivity index (χ3v) is 10.3. The SMILES string of the molecule is Cc1cc2c(cnn2-c2ccc(F)cc2)cc1[C@]12CN(S(=O)(=O)c3cnn(C)n3)C[C@H]1[C@H]2c1ccc(C(F)(F)F)cc1. The Bertz CT molecular complexity index is 1950. The summed E-state index contributed by atoms with van der Waals surface area (Å²) in [6.07, 6.45) is -1.55. The molecule has 3 heterocycles. The van der Waals surface area contributed by atoms with Crippen molar-refractivity contribution >= 4 is 20.9 Å². The number of sulfonamides is 1. The molecule has 0 N–H and O–H groups in total. The van der Waals surface area contributed by atoms with Gasteiger partial charge < -0.3 is 0 Å². The highest BCUT2D eigenvalue weighted by molar-refractivity contribution is 7.89. The van der Waals surface area contributed by atoms with Crippen LogP contribution < -0.4 is 0 Å². The Balaban J connectivity index is 1.32. The lowest BCUT2D eigenvalue weighted by Gasteiger charge is -2.25. The number of piperidine rings is 1. The van der Waals surface area contributed by atoms with E-state index in [0.717, 1.165) is 39.7 Å². The van der Waals surface area contributed by atoms with Crippen molar-refractivity contribution in [3.63, 3.8) is 0 Å². The molecular weight excluding hydrogens is 572 g/mol. The van der Waals surface area contributed by atoms with Crippen molar-refractivity contribution in [2.75, 3.05) is 13.1 Å². The van der Waals surface area contributed by atoms with Crippen molar-refractivity contribution in [2.24, 2.45) is 13.0 Å². The number of benzene rings is 3. The van der Waals surface area contributed by atoms with E-state index in [2.05, 4.69) is 15.3 Å². The summed E-state index contributed by atoms with van der Waals surface area (Å²) in [5.41, 5.74) is 2.63. The quantitative estimate of drug-likeness (QED) is 0.268. The summed E-state index contributed by atoms with van der Waals surface area (Å²) in [6.45, 7) is 2.27. The molecule has 7 rings (SSSR count). The van der Waals surface area contributed by atoms with Crippen molar-refractivity contribution < 1.29 is 26.0 Å². The molecule has 2 fully saturated rings. The second-order valence-electron chi connectivity index (χ2n) is 11.0. The molecule has 1 aliphatic heterocycles. The third-order valence-electron chi connectivity index (χ3n) is 8.61. The van der Waals surface area contributed by atoms with Crippen LogP contribution in [0.15, 0.2) is 78.1 Å². The lowest BCUT2D eigenvalue weighted by molar-refractivity contribution is -0.137. The monoisotopic (exact) mass is 596 g/mol. The molecule has 5 aromatic rings. The Labute approximate surface area is 238 Å². The van der Waals surface area contributed by atoms with Crippen LogP contribution in [0, 0.1) is 18.7 Å². The summed E-state index contributed by atoms with van der Waals surface area (Å²) >= 11 is 0. The second-order valence-corrected chi connectivity index (χ2v) is 12.9. The van der Waals surface area contributed by atoms with Crippen molar-refractivity contribution in [3.05, 3.63) is 101 Å². The van der Waals surface area contributed by atoms with Gasteiger partial charge in [-0.2, -0.15) is 32.5 Å². The Kier molecular flexibility index (Phi) is 5.71.